The number of hydrogen-bond donors (Lipinski definition) is 1. The van der Waals surface area contributed by atoms with Crippen molar-refractivity contribution in [3.8, 4) is 0 Å². The molecule has 1 aliphatic rings. The SMILES string of the molecule is C=C1C[C@@H](O)CN(S(=O)(=O)c2ccc(C)cc2)[C@@H]1C. The van der Waals surface area contributed by atoms with Gasteiger partial charge in [0.15, 0.2) is 0 Å². The summed E-state index contributed by atoms with van der Waals surface area (Å²) in [5.41, 5.74) is 1.75. The fraction of sp³-hybridized carbons (Fsp3) is 0.429. The molecule has 0 bridgehead atoms. The maximum absolute atomic E-state index is 12.6. The summed E-state index contributed by atoms with van der Waals surface area (Å²) in [5.74, 6) is 0. The average Bonchev–Trinajstić information content (AvgIpc) is 2.34. The minimum Gasteiger partial charge on any atom is -0.391 e. The lowest BCUT2D eigenvalue weighted by molar-refractivity contribution is 0.114. The normalized spacial score (nSPS) is 25.5. The van der Waals surface area contributed by atoms with Gasteiger partial charge in [0, 0.05) is 12.6 Å². The van der Waals surface area contributed by atoms with Crippen molar-refractivity contribution in [2.45, 2.75) is 37.3 Å². The summed E-state index contributed by atoms with van der Waals surface area (Å²) in [6.45, 7) is 7.69. The predicted octanol–water partition coefficient (Wildman–Crippen LogP) is 1.70. The van der Waals surface area contributed by atoms with Crippen LogP contribution >= 0.6 is 0 Å². The Kier molecular flexibility index (Phi) is 3.80. The molecular formula is C14H19NO3S. The number of sulfonamides is 1. The molecule has 0 spiro atoms. The van der Waals surface area contributed by atoms with E-state index in [1.165, 1.54) is 4.31 Å². The van der Waals surface area contributed by atoms with Gasteiger partial charge in [-0.1, -0.05) is 29.8 Å². The Bertz CT molecular complexity index is 577. The first kappa shape index (κ1) is 14.2. The van der Waals surface area contributed by atoms with E-state index in [-0.39, 0.29) is 17.5 Å². The van der Waals surface area contributed by atoms with Crippen molar-refractivity contribution in [1.29, 1.82) is 0 Å². The second-order valence-corrected chi connectivity index (χ2v) is 6.97. The molecule has 1 saturated heterocycles. The van der Waals surface area contributed by atoms with Crippen LogP contribution in [0.3, 0.4) is 0 Å². The zero-order valence-electron chi connectivity index (χ0n) is 11.2. The lowest BCUT2D eigenvalue weighted by Gasteiger charge is -2.36. The van der Waals surface area contributed by atoms with Gasteiger partial charge in [-0.2, -0.15) is 4.31 Å². The lowest BCUT2D eigenvalue weighted by atomic mass is 9.99. The second-order valence-electron chi connectivity index (χ2n) is 5.08. The molecular weight excluding hydrogens is 262 g/mol. The van der Waals surface area contributed by atoms with Crippen molar-refractivity contribution in [1.82, 2.24) is 4.31 Å². The van der Waals surface area contributed by atoms with Crippen molar-refractivity contribution >= 4 is 10.0 Å². The minimum absolute atomic E-state index is 0.121. The average molecular weight is 281 g/mol. The number of aryl methyl sites for hydroxylation is 1. The number of benzene rings is 1. The molecule has 2 rings (SSSR count). The molecule has 1 heterocycles. The van der Waals surface area contributed by atoms with Gasteiger partial charge in [-0.25, -0.2) is 8.42 Å². The molecule has 0 amide bonds. The zero-order chi connectivity index (χ0) is 14.2. The number of aliphatic hydroxyl groups excluding tert-OH is 1. The molecule has 1 N–H and O–H groups in total. The molecule has 0 aliphatic carbocycles. The van der Waals surface area contributed by atoms with Crippen LogP contribution < -0.4 is 0 Å². The first-order valence-electron chi connectivity index (χ1n) is 6.26. The maximum Gasteiger partial charge on any atom is 0.243 e. The number of nitrogens with zero attached hydrogens (tertiary/aromatic N) is 1. The lowest BCUT2D eigenvalue weighted by Crippen LogP contribution is -2.48. The highest BCUT2D eigenvalue weighted by Crippen LogP contribution is 2.28. The van der Waals surface area contributed by atoms with Gasteiger partial charge in [-0.05, 0) is 32.4 Å². The van der Waals surface area contributed by atoms with Gasteiger partial charge in [-0.3, -0.25) is 0 Å². The standard InChI is InChI=1S/C14H19NO3S/c1-10-4-6-14(7-5-10)19(17,18)15-9-13(16)8-11(2)12(15)3/h4-7,12-13,16H,2,8-9H2,1,3H3/t12-,13-/m1/s1. The molecule has 19 heavy (non-hydrogen) atoms. The molecule has 1 aromatic rings. The Labute approximate surface area is 114 Å². The van der Waals surface area contributed by atoms with Crippen LogP contribution in [0.1, 0.15) is 18.9 Å². The molecule has 5 heteroatoms. The third-order valence-electron chi connectivity index (χ3n) is 3.54. The summed E-state index contributed by atoms with van der Waals surface area (Å²) in [5, 5.41) is 9.76. The monoisotopic (exact) mass is 281 g/mol. The molecule has 2 atom stereocenters. The van der Waals surface area contributed by atoms with Gasteiger partial charge < -0.3 is 5.11 Å². The van der Waals surface area contributed by atoms with E-state index in [0.717, 1.165) is 11.1 Å². The molecule has 0 saturated carbocycles. The maximum atomic E-state index is 12.6. The molecule has 4 nitrogen and oxygen atoms in total. The van der Waals surface area contributed by atoms with E-state index in [9.17, 15) is 13.5 Å². The van der Waals surface area contributed by atoms with Crippen LogP contribution in [0.15, 0.2) is 41.3 Å². The number of hydrogen-bond acceptors (Lipinski definition) is 3. The van der Waals surface area contributed by atoms with Crippen molar-refractivity contribution in [3.05, 3.63) is 42.0 Å². The van der Waals surface area contributed by atoms with Gasteiger partial charge in [0.25, 0.3) is 0 Å². The minimum atomic E-state index is -3.58. The molecule has 0 aromatic heterocycles. The molecule has 1 aliphatic heterocycles. The molecule has 104 valence electrons. The predicted molar refractivity (Wildman–Crippen MR) is 74.3 cm³/mol. The summed E-state index contributed by atoms with van der Waals surface area (Å²) in [4.78, 5) is 0.256. The van der Waals surface area contributed by atoms with E-state index in [0.29, 0.717) is 6.42 Å². The highest BCUT2D eigenvalue weighted by atomic mass is 32.2. The molecule has 0 unspecified atom stereocenters. The van der Waals surface area contributed by atoms with Crippen LogP contribution in [0.5, 0.6) is 0 Å². The Hall–Kier alpha value is -1.17. The van der Waals surface area contributed by atoms with Crippen LogP contribution in [0.25, 0.3) is 0 Å². The van der Waals surface area contributed by atoms with Gasteiger partial charge >= 0.3 is 0 Å². The van der Waals surface area contributed by atoms with Crippen LogP contribution in [0.4, 0.5) is 0 Å². The summed E-state index contributed by atoms with van der Waals surface area (Å²) in [6, 6.07) is 6.46. The third-order valence-corrected chi connectivity index (χ3v) is 5.49. The third kappa shape index (κ3) is 2.73. The van der Waals surface area contributed by atoms with E-state index in [2.05, 4.69) is 6.58 Å². The van der Waals surface area contributed by atoms with Crippen LogP contribution in [-0.2, 0) is 10.0 Å². The summed E-state index contributed by atoms with van der Waals surface area (Å²) >= 11 is 0. The van der Waals surface area contributed by atoms with E-state index < -0.39 is 16.1 Å². The summed E-state index contributed by atoms with van der Waals surface area (Å²) in [7, 11) is -3.58. The Balaban J connectivity index is 2.38. The number of rotatable bonds is 2. The molecule has 1 aromatic carbocycles. The fourth-order valence-electron chi connectivity index (χ4n) is 2.26. The van der Waals surface area contributed by atoms with Gasteiger partial charge in [0.05, 0.1) is 11.0 Å². The largest absolute Gasteiger partial charge is 0.391 e. The second kappa shape index (κ2) is 5.07. The van der Waals surface area contributed by atoms with Crippen molar-refractivity contribution < 1.29 is 13.5 Å². The van der Waals surface area contributed by atoms with E-state index in [1.54, 1.807) is 31.2 Å². The van der Waals surface area contributed by atoms with E-state index in [4.69, 9.17) is 0 Å². The van der Waals surface area contributed by atoms with Crippen molar-refractivity contribution in [2.75, 3.05) is 6.54 Å². The number of piperidine rings is 1. The van der Waals surface area contributed by atoms with Gasteiger partial charge in [0.1, 0.15) is 0 Å². The Morgan fingerprint density at radius 1 is 1.32 bits per heavy atom. The van der Waals surface area contributed by atoms with E-state index >= 15 is 0 Å². The Morgan fingerprint density at radius 2 is 1.89 bits per heavy atom. The summed E-state index contributed by atoms with van der Waals surface area (Å²) < 4.78 is 26.5. The first-order valence-corrected chi connectivity index (χ1v) is 7.70. The highest BCUT2D eigenvalue weighted by Gasteiger charge is 2.35. The quantitative estimate of drug-likeness (QED) is 0.839. The fourth-order valence-corrected chi connectivity index (χ4v) is 3.94. The molecule has 0 radical (unpaired) electrons. The van der Waals surface area contributed by atoms with Crippen LogP contribution in [0.2, 0.25) is 0 Å². The van der Waals surface area contributed by atoms with Crippen molar-refractivity contribution in [2.24, 2.45) is 0 Å². The number of β-amino-alcohol motifs (C(OH)–C–C–N with tert-alkyl or cyclic N) is 1. The van der Waals surface area contributed by atoms with Gasteiger partial charge in [0.2, 0.25) is 10.0 Å². The zero-order valence-corrected chi connectivity index (χ0v) is 12.0. The Morgan fingerprint density at radius 3 is 2.47 bits per heavy atom. The number of aliphatic hydroxyl groups is 1. The molecule has 1 fully saturated rings. The highest BCUT2D eigenvalue weighted by molar-refractivity contribution is 7.89. The smallest absolute Gasteiger partial charge is 0.243 e. The van der Waals surface area contributed by atoms with Crippen LogP contribution in [0, 0.1) is 6.92 Å². The van der Waals surface area contributed by atoms with Gasteiger partial charge in [-0.15, -0.1) is 0 Å². The first-order chi connectivity index (χ1) is 8.82. The van der Waals surface area contributed by atoms with Crippen LogP contribution in [-0.4, -0.2) is 36.5 Å². The van der Waals surface area contributed by atoms with E-state index in [1.807, 2.05) is 6.92 Å². The topological polar surface area (TPSA) is 57.6 Å². The van der Waals surface area contributed by atoms with Crippen molar-refractivity contribution in [3.63, 3.8) is 0 Å². The summed E-state index contributed by atoms with van der Waals surface area (Å²) in [6.07, 6.45) is -0.218.